The van der Waals surface area contributed by atoms with Crippen LogP contribution in [0.25, 0.3) is 4.85 Å². The first-order chi connectivity index (χ1) is 16.4. The van der Waals surface area contributed by atoms with Gasteiger partial charge in [-0.15, -0.1) is 0 Å². The molecule has 2 N–H and O–H groups in total. The highest BCUT2D eigenvalue weighted by molar-refractivity contribution is 5.73. The Bertz CT molecular complexity index is 818. The molecule has 0 aromatic heterocycles. The molecule has 5 saturated heterocycles. The van der Waals surface area contributed by atoms with Gasteiger partial charge in [0.1, 0.15) is 12.2 Å². The molecule has 6 atom stereocenters. The zero-order valence-electron chi connectivity index (χ0n) is 22.1. The average molecular weight is 493 g/mol. The number of fused-ring (bicyclic) bond motifs is 2. The van der Waals surface area contributed by atoms with E-state index in [-0.39, 0.29) is 46.5 Å². The molecule has 35 heavy (non-hydrogen) atoms. The molecular formula is C26H44N4O5. The normalized spacial score (nSPS) is 41.1. The van der Waals surface area contributed by atoms with Gasteiger partial charge in [0.25, 0.3) is 0 Å². The van der Waals surface area contributed by atoms with Crippen molar-refractivity contribution in [1.82, 2.24) is 15.1 Å². The molecule has 5 heterocycles. The number of hydrogen-bond acceptors (Lipinski definition) is 8. The minimum absolute atomic E-state index is 0.0159. The van der Waals surface area contributed by atoms with Crippen molar-refractivity contribution in [3.05, 3.63) is 11.4 Å². The number of aliphatic hydroxyl groups is 1. The van der Waals surface area contributed by atoms with E-state index in [4.69, 9.17) is 16.0 Å². The van der Waals surface area contributed by atoms with Gasteiger partial charge in [-0.2, -0.15) is 0 Å². The Hall–Kier alpha value is -1.73. The van der Waals surface area contributed by atoms with Crippen molar-refractivity contribution in [3.8, 4) is 0 Å². The van der Waals surface area contributed by atoms with E-state index < -0.39 is 0 Å². The first-order valence-electron chi connectivity index (χ1n) is 12.9. The zero-order chi connectivity index (χ0) is 25.9. The maximum absolute atomic E-state index is 11.1. The third-order valence-electron chi connectivity index (χ3n) is 8.37. The highest BCUT2D eigenvalue weighted by Crippen LogP contribution is 2.40. The molecule has 0 amide bonds. The van der Waals surface area contributed by atoms with Gasteiger partial charge in [-0.3, -0.25) is 9.59 Å². The second kappa shape index (κ2) is 11.1. The predicted molar refractivity (Wildman–Crippen MR) is 133 cm³/mol. The second-order valence-corrected chi connectivity index (χ2v) is 12.1. The van der Waals surface area contributed by atoms with Crippen LogP contribution in [-0.2, 0) is 19.1 Å². The number of carbonyl (C=O) groups is 2. The first-order valence-corrected chi connectivity index (χ1v) is 12.9. The quantitative estimate of drug-likeness (QED) is 0.421. The summed E-state index contributed by atoms with van der Waals surface area (Å²) in [5.41, 5.74) is -0.0475. The molecule has 0 aromatic carbocycles. The Balaban J connectivity index is 0.000000147. The highest BCUT2D eigenvalue weighted by Gasteiger charge is 2.48. The minimum Gasteiger partial charge on any atom is -0.462 e. The van der Waals surface area contributed by atoms with Crippen LogP contribution in [0.15, 0.2) is 0 Å². The van der Waals surface area contributed by atoms with Crippen molar-refractivity contribution < 1.29 is 24.2 Å². The van der Waals surface area contributed by atoms with Crippen LogP contribution in [-0.4, -0.2) is 105 Å². The fourth-order valence-electron chi connectivity index (χ4n) is 6.19. The van der Waals surface area contributed by atoms with E-state index in [1.54, 1.807) is 0 Å². The summed E-state index contributed by atoms with van der Waals surface area (Å²) < 4.78 is 10.4. The molecule has 0 aromatic rings. The molecule has 5 fully saturated rings. The van der Waals surface area contributed by atoms with Crippen LogP contribution in [0.2, 0.25) is 0 Å². The fraction of sp³-hybridized carbons (Fsp3) is 0.885. The molecule has 0 aliphatic carbocycles. The van der Waals surface area contributed by atoms with E-state index in [2.05, 4.69) is 40.9 Å². The maximum atomic E-state index is 11.1. The number of nitrogens with one attached hydrogen (secondary N) is 1. The summed E-state index contributed by atoms with van der Waals surface area (Å²) in [6.07, 6.45) is 4.01. The molecule has 198 valence electrons. The van der Waals surface area contributed by atoms with Gasteiger partial charge in [-0.05, 0) is 46.8 Å². The average Bonchev–Trinajstić information content (AvgIpc) is 3.24. The van der Waals surface area contributed by atoms with Gasteiger partial charge < -0.3 is 34.5 Å². The SMILES string of the molecule is CC12CNCCC1OC(=O)C2.CN1CCC2OC(=O)CC2(C)C1.[C-]#[N+]CC1(C)CN(C)CCC1O. The van der Waals surface area contributed by atoms with Crippen LogP contribution in [0.5, 0.6) is 0 Å². The Morgan fingerprint density at radius 2 is 1.54 bits per heavy atom. The molecular weight excluding hydrogens is 448 g/mol. The summed E-state index contributed by atoms with van der Waals surface area (Å²) in [6, 6.07) is 0. The standard InChI is InChI=1S/C9H16N2O.C9H15NO2.C8H13NO2/c1-9(6-10-2)7-11(3)5-4-8(9)12;1-9-5-8(11)12-7(9)3-4-10(2)6-9;1-8-4-7(10)11-6(8)2-3-9-5-8/h8,12H,4-7H2,1,3H3;7H,3-6H2,1-2H3;6,9H,2-5H2,1H3. The van der Waals surface area contributed by atoms with Crippen LogP contribution in [0.4, 0.5) is 0 Å². The predicted octanol–water partition coefficient (Wildman–Crippen LogP) is 1.55. The number of rotatable bonds is 1. The summed E-state index contributed by atoms with van der Waals surface area (Å²) >= 11 is 0. The van der Waals surface area contributed by atoms with E-state index in [9.17, 15) is 14.7 Å². The molecule has 5 aliphatic rings. The van der Waals surface area contributed by atoms with Gasteiger partial charge >= 0.3 is 11.9 Å². The van der Waals surface area contributed by atoms with Crippen molar-refractivity contribution in [2.45, 2.75) is 71.2 Å². The summed E-state index contributed by atoms with van der Waals surface area (Å²) in [5.74, 6) is -0.0426. The number of aliphatic hydroxyl groups excluding tert-OH is 1. The maximum Gasteiger partial charge on any atom is 0.306 e. The lowest BCUT2D eigenvalue weighted by Crippen LogP contribution is -2.50. The number of ether oxygens (including phenoxy) is 2. The van der Waals surface area contributed by atoms with Crippen molar-refractivity contribution in [1.29, 1.82) is 0 Å². The lowest BCUT2D eigenvalue weighted by atomic mass is 9.79. The van der Waals surface area contributed by atoms with Crippen LogP contribution in [0.1, 0.15) is 52.9 Å². The summed E-state index contributed by atoms with van der Waals surface area (Å²) in [7, 11) is 4.14. The highest BCUT2D eigenvalue weighted by atomic mass is 16.6. The third kappa shape index (κ3) is 6.73. The summed E-state index contributed by atoms with van der Waals surface area (Å²) in [4.78, 5) is 29.9. The number of hydrogen-bond donors (Lipinski definition) is 2. The lowest BCUT2D eigenvalue weighted by molar-refractivity contribution is -0.143. The molecule has 0 saturated carbocycles. The van der Waals surface area contributed by atoms with E-state index in [1.807, 2.05) is 14.0 Å². The molecule has 9 nitrogen and oxygen atoms in total. The van der Waals surface area contributed by atoms with Gasteiger partial charge in [0, 0.05) is 43.6 Å². The Kier molecular flexibility index (Phi) is 8.85. The summed E-state index contributed by atoms with van der Waals surface area (Å²) in [5, 5.41) is 13.0. The molecule has 5 aliphatic heterocycles. The molecule has 0 spiro atoms. The van der Waals surface area contributed by atoms with Crippen molar-refractivity contribution >= 4 is 11.9 Å². The van der Waals surface area contributed by atoms with Crippen molar-refractivity contribution in [2.75, 3.05) is 59.9 Å². The topological polar surface area (TPSA) is 95.7 Å². The van der Waals surface area contributed by atoms with Crippen LogP contribution in [0.3, 0.4) is 0 Å². The number of esters is 2. The molecule has 5 rings (SSSR count). The van der Waals surface area contributed by atoms with E-state index >= 15 is 0 Å². The number of nitrogens with zero attached hydrogens (tertiary/aromatic N) is 3. The second-order valence-electron chi connectivity index (χ2n) is 12.1. The molecule has 0 radical (unpaired) electrons. The van der Waals surface area contributed by atoms with Gasteiger partial charge in [-0.25, -0.2) is 6.57 Å². The summed E-state index contributed by atoms with van der Waals surface area (Å²) in [6.45, 7) is 19.2. The van der Waals surface area contributed by atoms with E-state index in [1.165, 1.54) is 0 Å². The monoisotopic (exact) mass is 492 g/mol. The van der Waals surface area contributed by atoms with E-state index in [0.717, 1.165) is 58.5 Å². The van der Waals surface area contributed by atoms with Crippen molar-refractivity contribution in [2.24, 2.45) is 16.2 Å². The third-order valence-corrected chi connectivity index (χ3v) is 8.37. The smallest absolute Gasteiger partial charge is 0.306 e. The first kappa shape index (κ1) is 27.9. The largest absolute Gasteiger partial charge is 0.462 e. The van der Waals surface area contributed by atoms with Gasteiger partial charge in [0.05, 0.1) is 24.4 Å². The van der Waals surface area contributed by atoms with E-state index in [0.29, 0.717) is 19.4 Å². The van der Waals surface area contributed by atoms with Gasteiger partial charge in [-0.1, -0.05) is 13.8 Å². The molecule has 6 unspecified atom stereocenters. The Morgan fingerprint density at radius 1 is 0.971 bits per heavy atom. The van der Waals surface area contributed by atoms with Crippen molar-refractivity contribution in [3.63, 3.8) is 0 Å². The Labute approximate surface area is 210 Å². The van der Waals surface area contributed by atoms with Crippen LogP contribution >= 0.6 is 0 Å². The minimum atomic E-state index is -0.303. The number of carbonyl (C=O) groups excluding carboxylic acids is 2. The fourth-order valence-corrected chi connectivity index (χ4v) is 6.19. The number of piperidine rings is 3. The number of likely N-dealkylation sites (tertiary alicyclic amines) is 2. The lowest BCUT2D eigenvalue weighted by Gasteiger charge is -2.39. The molecule has 9 heteroatoms. The molecule has 0 bridgehead atoms. The van der Waals surface area contributed by atoms with Gasteiger partial charge in [0.15, 0.2) is 0 Å². The van der Waals surface area contributed by atoms with Crippen LogP contribution in [0, 0.1) is 22.8 Å². The Morgan fingerprint density at radius 3 is 2.17 bits per heavy atom. The van der Waals surface area contributed by atoms with Crippen LogP contribution < -0.4 is 5.32 Å². The zero-order valence-corrected chi connectivity index (χ0v) is 22.1. The van der Waals surface area contributed by atoms with Gasteiger partial charge in [0.2, 0.25) is 6.54 Å².